The molecule has 1 heteroatoms. The van der Waals surface area contributed by atoms with Crippen molar-refractivity contribution < 1.29 is 5.32 Å². The summed E-state index contributed by atoms with van der Waals surface area (Å²) in [6, 6.07) is 0. The lowest BCUT2D eigenvalue weighted by Gasteiger charge is -2.59. The summed E-state index contributed by atoms with van der Waals surface area (Å²) in [4.78, 5) is 0. The predicted octanol–water partition coefficient (Wildman–Crippen LogP) is 4.33. The molecule has 3 fully saturated rings. The molecule has 0 amide bonds. The molecule has 0 radical (unpaired) electrons. The monoisotopic (exact) mass is 301 g/mol. The van der Waals surface area contributed by atoms with Crippen LogP contribution < -0.4 is 5.32 Å². The van der Waals surface area contributed by atoms with Crippen LogP contribution in [0.15, 0.2) is 23.8 Å². The van der Waals surface area contributed by atoms with Crippen LogP contribution in [0.4, 0.5) is 0 Å². The number of rotatable bonds is 2. The molecular formula is C21H35N. The van der Waals surface area contributed by atoms with E-state index in [0.29, 0.717) is 5.54 Å². The third kappa shape index (κ3) is 2.50. The van der Waals surface area contributed by atoms with Crippen LogP contribution in [-0.2, 0) is 0 Å². The Morgan fingerprint density at radius 2 is 2.09 bits per heavy atom. The standard InChI is InChI=1S/C21H35N/c1-13(2)11-16-12-15(4)17-9-10-21(5,22-6)18-8-7-14(3)19(16)20(17)18/h11,15-20H,3,6-10,12,22H2,1-2,4-5H3. The third-order valence-corrected chi connectivity index (χ3v) is 7.33. The Kier molecular flexibility index (Phi) is 4.31. The lowest BCUT2D eigenvalue weighted by atomic mass is 9.46. The first-order chi connectivity index (χ1) is 10.4. The van der Waals surface area contributed by atoms with Crippen molar-refractivity contribution in [1.82, 2.24) is 0 Å². The van der Waals surface area contributed by atoms with E-state index in [1.54, 1.807) is 5.57 Å². The molecule has 7 unspecified atom stereocenters. The van der Waals surface area contributed by atoms with Crippen molar-refractivity contribution in [1.29, 1.82) is 0 Å². The van der Waals surface area contributed by atoms with Crippen LogP contribution in [-0.4, -0.2) is 5.54 Å². The molecule has 124 valence electrons. The van der Waals surface area contributed by atoms with E-state index in [4.69, 9.17) is 0 Å². The van der Waals surface area contributed by atoms with Crippen LogP contribution in [0, 0.1) is 42.6 Å². The highest BCUT2D eigenvalue weighted by Gasteiger charge is 2.56. The van der Waals surface area contributed by atoms with E-state index in [0.717, 1.165) is 35.5 Å². The van der Waals surface area contributed by atoms with E-state index in [2.05, 4.69) is 52.7 Å². The Morgan fingerprint density at radius 3 is 2.73 bits per heavy atom. The van der Waals surface area contributed by atoms with Gasteiger partial charge in [0.2, 0.25) is 0 Å². The highest BCUT2D eigenvalue weighted by atomic mass is 15.0. The molecule has 0 aromatic carbocycles. The molecular weight excluding hydrogens is 266 g/mol. The van der Waals surface area contributed by atoms with Gasteiger partial charge in [-0.25, -0.2) is 0 Å². The highest BCUT2D eigenvalue weighted by molar-refractivity contribution is 5.20. The zero-order chi connectivity index (χ0) is 16.1. The Labute approximate surface area is 137 Å². The maximum absolute atomic E-state index is 4.53. The predicted molar refractivity (Wildman–Crippen MR) is 94.0 cm³/mol. The van der Waals surface area contributed by atoms with E-state index in [-0.39, 0.29) is 0 Å². The van der Waals surface area contributed by atoms with Gasteiger partial charge in [-0.1, -0.05) is 30.7 Å². The molecule has 7 atom stereocenters. The molecule has 0 aliphatic heterocycles. The van der Waals surface area contributed by atoms with E-state index >= 15 is 0 Å². The lowest BCUT2D eigenvalue weighted by molar-refractivity contribution is -0.688. The normalized spacial score (nSPS) is 47.8. The fourth-order valence-electron chi connectivity index (χ4n) is 6.27. The molecule has 0 spiro atoms. The van der Waals surface area contributed by atoms with Crippen molar-refractivity contribution in [2.75, 3.05) is 0 Å². The van der Waals surface area contributed by atoms with Gasteiger partial charge >= 0.3 is 0 Å². The van der Waals surface area contributed by atoms with Crippen molar-refractivity contribution >= 4 is 0 Å². The first-order valence-corrected chi connectivity index (χ1v) is 9.33. The van der Waals surface area contributed by atoms with Crippen LogP contribution in [0.1, 0.15) is 59.8 Å². The van der Waals surface area contributed by atoms with Gasteiger partial charge in [0.25, 0.3) is 0 Å². The topological polar surface area (TPSA) is 16.6 Å². The van der Waals surface area contributed by atoms with Gasteiger partial charge in [0, 0.05) is 12.3 Å². The fourth-order valence-corrected chi connectivity index (χ4v) is 6.27. The van der Waals surface area contributed by atoms with Crippen LogP contribution in [0.25, 0.3) is 0 Å². The van der Waals surface area contributed by atoms with Gasteiger partial charge in [0.15, 0.2) is 0 Å². The first-order valence-electron chi connectivity index (χ1n) is 9.33. The van der Waals surface area contributed by atoms with Gasteiger partial charge in [0.1, 0.15) is 0 Å². The smallest absolute Gasteiger partial charge is 0.0726 e. The summed E-state index contributed by atoms with van der Waals surface area (Å²) in [6.45, 7) is 14.0. The van der Waals surface area contributed by atoms with Gasteiger partial charge < -0.3 is 5.32 Å². The maximum atomic E-state index is 4.53. The quantitative estimate of drug-likeness (QED) is 0.577. The van der Waals surface area contributed by atoms with Crippen LogP contribution in [0.3, 0.4) is 0 Å². The van der Waals surface area contributed by atoms with Crippen LogP contribution >= 0.6 is 0 Å². The molecule has 2 N–H and O–H groups in total. The second kappa shape index (κ2) is 5.82. The molecule has 0 aromatic heterocycles. The molecule has 1 nitrogen and oxygen atoms in total. The van der Waals surface area contributed by atoms with Gasteiger partial charge in [-0.2, -0.15) is 7.05 Å². The first kappa shape index (κ1) is 16.3. The zero-order valence-corrected chi connectivity index (χ0v) is 15.1. The van der Waals surface area contributed by atoms with Gasteiger partial charge in [-0.15, -0.1) is 0 Å². The molecule has 22 heavy (non-hydrogen) atoms. The fraction of sp³-hybridized carbons (Fsp3) is 0.762. The Bertz CT molecular complexity index is 472. The molecule has 3 aliphatic rings. The summed E-state index contributed by atoms with van der Waals surface area (Å²) < 4.78 is 0. The minimum atomic E-state index is 0.354. The number of allylic oxidation sites excluding steroid dienone is 3. The second-order valence-corrected chi connectivity index (χ2v) is 8.94. The number of nitrogens with two attached hydrogens (primary N) is 1. The SMILES string of the molecule is C=C1CCC2C3C(CCC2(C)[NH2+][CH2-])C(C)CC(C=C(C)C)C13. The summed E-state index contributed by atoms with van der Waals surface area (Å²) in [5.41, 5.74) is 3.38. The van der Waals surface area contributed by atoms with Gasteiger partial charge in [-0.3, -0.25) is 0 Å². The van der Waals surface area contributed by atoms with Crippen molar-refractivity contribution in [2.24, 2.45) is 35.5 Å². The van der Waals surface area contributed by atoms with Crippen molar-refractivity contribution in [2.45, 2.75) is 65.3 Å². The average molecular weight is 302 g/mol. The molecule has 0 saturated heterocycles. The van der Waals surface area contributed by atoms with E-state index in [1.165, 1.54) is 37.7 Å². The number of hydrogen-bond acceptors (Lipinski definition) is 0. The largest absolute Gasteiger partial charge is 0.474 e. The average Bonchev–Trinajstić information content (AvgIpc) is 2.45. The molecule has 0 aromatic rings. The summed E-state index contributed by atoms with van der Waals surface area (Å²) in [6.07, 6.45) is 9.25. The maximum Gasteiger partial charge on any atom is 0.0726 e. The number of hydrogen-bond donors (Lipinski definition) is 1. The summed E-state index contributed by atoms with van der Waals surface area (Å²) >= 11 is 0. The van der Waals surface area contributed by atoms with Crippen molar-refractivity contribution in [3.8, 4) is 0 Å². The summed E-state index contributed by atoms with van der Waals surface area (Å²) in [7, 11) is 4.21. The lowest BCUT2D eigenvalue weighted by Crippen LogP contribution is -2.94. The highest BCUT2D eigenvalue weighted by Crippen LogP contribution is 2.59. The summed E-state index contributed by atoms with van der Waals surface area (Å²) in [5.74, 6) is 4.92. The van der Waals surface area contributed by atoms with E-state index in [1.807, 2.05) is 0 Å². The Hall–Kier alpha value is -0.560. The van der Waals surface area contributed by atoms with Gasteiger partial charge in [0.05, 0.1) is 5.54 Å². The molecule has 3 aliphatic carbocycles. The van der Waals surface area contributed by atoms with Crippen molar-refractivity contribution in [3.05, 3.63) is 30.8 Å². The zero-order valence-electron chi connectivity index (χ0n) is 15.1. The molecule has 0 heterocycles. The van der Waals surface area contributed by atoms with Crippen LogP contribution in [0.5, 0.6) is 0 Å². The third-order valence-electron chi connectivity index (χ3n) is 7.33. The molecule has 0 bridgehead atoms. The Balaban J connectivity index is 2.00. The van der Waals surface area contributed by atoms with Gasteiger partial charge in [-0.05, 0) is 76.0 Å². The van der Waals surface area contributed by atoms with E-state index < -0.39 is 0 Å². The molecule has 3 rings (SSSR count). The minimum Gasteiger partial charge on any atom is -0.474 e. The second-order valence-electron chi connectivity index (χ2n) is 8.94. The van der Waals surface area contributed by atoms with E-state index in [9.17, 15) is 0 Å². The minimum absolute atomic E-state index is 0.354. The Morgan fingerprint density at radius 1 is 1.36 bits per heavy atom. The van der Waals surface area contributed by atoms with Crippen LogP contribution in [0.2, 0.25) is 0 Å². The van der Waals surface area contributed by atoms with Crippen molar-refractivity contribution in [3.63, 3.8) is 0 Å². The summed E-state index contributed by atoms with van der Waals surface area (Å²) in [5, 5.41) is 2.29. The number of quaternary nitrogens is 1. The molecule has 3 saturated carbocycles.